The number of carboxylic acids is 1. The average molecular weight is 408 g/mol. The molecule has 2 aromatic carbocycles. The van der Waals surface area contributed by atoms with Gasteiger partial charge in [-0.3, -0.25) is 4.79 Å². The van der Waals surface area contributed by atoms with Gasteiger partial charge in [0.1, 0.15) is 11.9 Å². The lowest BCUT2D eigenvalue weighted by Crippen LogP contribution is -2.29. The van der Waals surface area contributed by atoms with Crippen molar-refractivity contribution in [3.8, 4) is 0 Å². The van der Waals surface area contributed by atoms with Gasteiger partial charge in [0.25, 0.3) is 0 Å². The molecule has 0 amide bonds. The van der Waals surface area contributed by atoms with Gasteiger partial charge < -0.3 is 20.8 Å². The normalized spacial score (nSPS) is 15.6. The summed E-state index contributed by atoms with van der Waals surface area (Å²) in [6.45, 7) is 9.66. The van der Waals surface area contributed by atoms with Crippen LogP contribution >= 0.6 is 0 Å². The van der Waals surface area contributed by atoms with Crippen molar-refractivity contribution >= 4 is 23.1 Å². The number of carbonyl (C=O) groups excluding carboxylic acids is 1. The molecule has 6 heteroatoms. The number of hydrogen-bond donors (Lipinski definition) is 4. The van der Waals surface area contributed by atoms with Crippen molar-refractivity contribution in [1.82, 2.24) is 0 Å². The van der Waals surface area contributed by atoms with Crippen molar-refractivity contribution in [3.63, 3.8) is 0 Å². The lowest BCUT2D eigenvalue weighted by atomic mass is 9.86. The number of carboxylic acid groups (broad SMARTS) is 1. The van der Waals surface area contributed by atoms with Gasteiger partial charge in [-0.2, -0.15) is 0 Å². The Morgan fingerprint density at radius 1 is 1.10 bits per heavy atom. The third-order valence-corrected chi connectivity index (χ3v) is 5.29. The molecule has 0 spiro atoms. The predicted molar refractivity (Wildman–Crippen MR) is 118 cm³/mol. The molecular formula is C24H28N2O4. The van der Waals surface area contributed by atoms with Gasteiger partial charge in [0, 0.05) is 23.4 Å². The Kier molecular flexibility index (Phi) is 5.99. The van der Waals surface area contributed by atoms with E-state index < -0.39 is 12.1 Å². The van der Waals surface area contributed by atoms with Crippen LogP contribution in [0.2, 0.25) is 0 Å². The third-order valence-electron chi connectivity index (χ3n) is 5.29. The van der Waals surface area contributed by atoms with E-state index in [-0.39, 0.29) is 34.8 Å². The van der Waals surface area contributed by atoms with E-state index in [4.69, 9.17) is 0 Å². The van der Waals surface area contributed by atoms with Crippen LogP contribution < -0.4 is 10.6 Å². The maximum Gasteiger partial charge on any atom is 0.336 e. The first-order chi connectivity index (χ1) is 14.1. The second kappa shape index (κ2) is 8.32. The van der Waals surface area contributed by atoms with Crippen molar-refractivity contribution in [2.75, 3.05) is 10.6 Å². The van der Waals surface area contributed by atoms with E-state index in [0.29, 0.717) is 11.5 Å². The molecule has 0 radical (unpaired) electrons. The monoisotopic (exact) mass is 408 g/mol. The van der Waals surface area contributed by atoms with Gasteiger partial charge in [-0.25, -0.2) is 4.79 Å². The molecule has 0 aliphatic carbocycles. The maximum absolute atomic E-state index is 13.1. The average Bonchev–Trinajstić information content (AvgIpc) is 2.64. The summed E-state index contributed by atoms with van der Waals surface area (Å²) < 4.78 is 0. The van der Waals surface area contributed by atoms with E-state index in [9.17, 15) is 19.8 Å². The summed E-state index contributed by atoms with van der Waals surface area (Å²) in [5.74, 6) is -0.884. The Labute approximate surface area is 176 Å². The minimum atomic E-state index is -1.34. The van der Waals surface area contributed by atoms with Crippen LogP contribution in [-0.2, 0) is 4.79 Å². The SMILES string of the molecule is Cc1ccc(NC2=C(C(=O)CC(C)C)C(O)c3c(C(=O)O)ccc(C)c3N2)c(C)c1. The summed E-state index contributed by atoms with van der Waals surface area (Å²) in [6.07, 6.45) is -1.10. The molecule has 1 heterocycles. The van der Waals surface area contributed by atoms with Crippen LogP contribution in [-0.4, -0.2) is 22.0 Å². The summed E-state index contributed by atoms with van der Waals surface area (Å²) in [5.41, 5.74) is 4.57. The van der Waals surface area contributed by atoms with Crippen molar-refractivity contribution in [1.29, 1.82) is 0 Å². The zero-order valence-corrected chi connectivity index (χ0v) is 18.0. The van der Waals surface area contributed by atoms with Crippen molar-refractivity contribution in [2.45, 2.75) is 47.1 Å². The van der Waals surface area contributed by atoms with Gasteiger partial charge in [-0.1, -0.05) is 37.6 Å². The lowest BCUT2D eigenvalue weighted by molar-refractivity contribution is -0.117. The van der Waals surface area contributed by atoms with Gasteiger partial charge >= 0.3 is 5.97 Å². The third kappa shape index (κ3) is 4.09. The highest BCUT2D eigenvalue weighted by molar-refractivity contribution is 6.02. The smallest absolute Gasteiger partial charge is 0.336 e. The molecule has 0 aromatic heterocycles. The minimum absolute atomic E-state index is 0.0176. The molecule has 1 aliphatic rings. The fourth-order valence-electron chi connectivity index (χ4n) is 3.80. The molecule has 0 bridgehead atoms. The fraction of sp³-hybridized carbons (Fsp3) is 0.333. The van der Waals surface area contributed by atoms with E-state index in [1.807, 2.05) is 52.8 Å². The fourth-order valence-corrected chi connectivity index (χ4v) is 3.80. The number of carbonyl (C=O) groups is 2. The number of aliphatic hydroxyl groups excluding tert-OH is 1. The Hall–Kier alpha value is -3.12. The molecule has 4 N–H and O–H groups in total. The Bertz CT molecular complexity index is 1050. The number of benzene rings is 2. The Morgan fingerprint density at radius 2 is 1.80 bits per heavy atom. The molecular weight excluding hydrogens is 380 g/mol. The second-order valence-electron chi connectivity index (χ2n) is 8.30. The van der Waals surface area contributed by atoms with E-state index in [0.717, 1.165) is 22.4 Å². The number of ketones is 1. The summed E-state index contributed by atoms with van der Waals surface area (Å²) in [7, 11) is 0. The highest BCUT2D eigenvalue weighted by atomic mass is 16.4. The molecule has 0 saturated carbocycles. The number of hydrogen-bond acceptors (Lipinski definition) is 5. The summed E-state index contributed by atoms with van der Waals surface area (Å²) in [5, 5.41) is 27.3. The number of aliphatic hydroxyl groups is 1. The standard InChI is InChI=1S/C24H28N2O4/c1-12(2)10-18(27)20-22(28)19-16(24(29)30)8-7-14(4)21(19)26-23(20)25-17-9-6-13(3)11-15(17)5/h6-9,11-12,22,25-26,28H,10H2,1-5H3,(H,29,30). The van der Waals surface area contributed by atoms with Crippen molar-refractivity contribution < 1.29 is 19.8 Å². The molecule has 0 saturated heterocycles. The largest absolute Gasteiger partial charge is 0.478 e. The molecule has 30 heavy (non-hydrogen) atoms. The first kappa shape index (κ1) is 21.6. The molecule has 1 unspecified atom stereocenters. The van der Waals surface area contributed by atoms with Crippen LogP contribution in [0.15, 0.2) is 41.7 Å². The van der Waals surface area contributed by atoms with Crippen molar-refractivity contribution in [2.24, 2.45) is 5.92 Å². The van der Waals surface area contributed by atoms with Gasteiger partial charge in [0.05, 0.1) is 11.1 Å². The minimum Gasteiger partial charge on any atom is -0.478 e. The Balaban J connectivity index is 2.17. The predicted octanol–water partition coefficient (Wildman–Crippen LogP) is 4.71. The van der Waals surface area contributed by atoms with Crippen LogP contribution in [0.1, 0.15) is 59.0 Å². The van der Waals surface area contributed by atoms with Gasteiger partial charge in [-0.15, -0.1) is 0 Å². The summed E-state index contributed by atoms with van der Waals surface area (Å²) in [4.78, 5) is 24.9. The number of Topliss-reactive ketones (excluding diaryl/α,β-unsaturated/α-hetero) is 1. The molecule has 1 aliphatic heterocycles. The number of rotatable bonds is 6. The van der Waals surface area contributed by atoms with Crippen LogP contribution in [0, 0.1) is 26.7 Å². The molecule has 6 nitrogen and oxygen atoms in total. The topological polar surface area (TPSA) is 98.7 Å². The first-order valence-corrected chi connectivity index (χ1v) is 10.0. The van der Waals surface area contributed by atoms with Crippen LogP contribution in [0.25, 0.3) is 0 Å². The number of aromatic carboxylic acids is 1. The van der Waals surface area contributed by atoms with Crippen LogP contribution in [0.4, 0.5) is 11.4 Å². The van der Waals surface area contributed by atoms with Gasteiger partial charge in [0.2, 0.25) is 0 Å². The van der Waals surface area contributed by atoms with Gasteiger partial charge in [-0.05, 0) is 49.9 Å². The number of anilines is 2. The summed E-state index contributed by atoms with van der Waals surface area (Å²) in [6, 6.07) is 9.07. The quantitative estimate of drug-likeness (QED) is 0.553. The molecule has 3 rings (SSSR count). The zero-order valence-electron chi connectivity index (χ0n) is 18.0. The van der Waals surface area contributed by atoms with Crippen LogP contribution in [0.3, 0.4) is 0 Å². The first-order valence-electron chi connectivity index (χ1n) is 10.0. The number of fused-ring (bicyclic) bond motifs is 1. The lowest BCUT2D eigenvalue weighted by Gasteiger charge is -2.31. The number of nitrogens with one attached hydrogen (secondary N) is 2. The van der Waals surface area contributed by atoms with E-state index in [2.05, 4.69) is 10.6 Å². The van der Waals surface area contributed by atoms with Gasteiger partial charge in [0.15, 0.2) is 5.78 Å². The van der Waals surface area contributed by atoms with E-state index >= 15 is 0 Å². The van der Waals surface area contributed by atoms with E-state index in [1.54, 1.807) is 6.07 Å². The van der Waals surface area contributed by atoms with Crippen LogP contribution in [0.5, 0.6) is 0 Å². The second-order valence-corrected chi connectivity index (χ2v) is 8.30. The zero-order chi connectivity index (χ0) is 22.2. The molecule has 2 aromatic rings. The highest BCUT2D eigenvalue weighted by Gasteiger charge is 2.35. The molecule has 158 valence electrons. The molecule has 1 atom stereocenters. The van der Waals surface area contributed by atoms with Crippen molar-refractivity contribution in [3.05, 3.63) is 69.5 Å². The summed E-state index contributed by atoms with van der Waals surface area (Å²) >= 11 is 0. The van der Waals surface area contributed by atoms with E-state index in [1.165, 1.54) is 6.07 Å². The highest BCUT2D eigenvalue weighted by Crippen LogP contribution is 2.41. The Morgan fingerprint density at radius 3 is 2.40 bits per heavy atom. The number of aryl methyl sites for hydroxylation is 3. The maximum atomic E-state index is 13.1. The molecule has 0 fully saturated rings.